The van der Waals surface area contributed by atoms with Crippen molar-refractivity contribution in [1.29, 1.82) is 0 Å². The zero-order valence-corrected chi connectivity index (χ0v) is 19.7. The standard InChI is InChI=1S/C21H16Cl3N5O2S/c1-13-5-6-14(19(11-13)27-32(30,31)16-9-7-15(22)8-10-16)12-29-26-21(25-28-29)17-3-2-4-18(23)20(17)24/h2-11,27H,12H2,1H3. The third-order valence-electron chi connectivity index (χ3n) is 4.59. The first-order chi connectivity index (χ1) is 15.2. The number of tetrazole rings is 1. The maximum Gasteiger partial charge on any atom is 0.261 e. The lowest BCUT2D eigenvalue weighted by Gasteiger charge is -2.13. The first-order valence-electron chi connectivity index (χ1n) is 9.33. The molecule has 7 nitrogen and oxygen atoms in total. The number of sulfonamides is 1. The van der Waals surface area contributed by atoms with Crippen LogP contribution in [0.4, 0.5) is 5.69 Å². The highest BCUT2D eigenvalue weighted by Gasteiger charge is 2.18. The minimum absolute atomic E-state index is 0.103. The number of anilines is 1. The molecule has 0 aliphatic rings. The number of hydrogen-bond acceptors (Lipinski definition) is 5. The van der Waals surface area contributed by atoms with Crippen LogP contribution in [0.1, 0.15) is 11.1 Å². The van der Waals surface area contributed by atoms with E-state index in [2.05, 4.69) is 20.1 Å². The van der Waals surface area contributed by atoms with E-state index in [9.17, 15) is 8.42 Å². The Morgan fingerprint density at radius 3 is 2.50 bits per heavy atom. The second-order valence-electron chi connectivity index (χ2n) is 6.96. The van der Waals surface area contributed by atoms with Crippen LogP contribution in [-0.4, -0.2) is 28.6 Å². The predicted molar refractivity (Wildman–Crippen MR) is 126 cm³/mol. The third-order valence-corrected chi connectivity index (χ3v) is 7.04. The van der Waals surface area contributed by atoms with Gasteiger partial charge < -0.3 is 0 Å². The molecule has 4 rings (SSSR count). The van der Waals surface area contributed by atoms with Crippen molar-refractivity contribution < 1.29 is 8.42 Å². The number of benzene rings is 3. The normalized spacial score (nSPS) is 11.5. The van der Waals surface area contributed by atoms with Crippen LogP contribution in [0.2, 0.25) is 15.1 Å². The van der Waals surface area contributed by atoms with Crippen molar-refractivity contribution in [1.82, 2.24) is 20.2 Å². The molecule has 0 saturated carbocycles. The minimum Gasteiger partial charge on any atom is -0.279 e. The molecule has 11 heteroatoms. The molecule has 0 amide bonds. The molecule has 0 radical (unpaired) electrons. The van der Waals surface area contributed by atoms with E-state index in [-0.39, 0.29) is 11.4 Å². The van der Waals surface area contributed by atoms with Crippen LogP contribution in [0, 0.1) is 6.92 Å². The van der Waals surface area contributed by atoms with E-state index in [4.69, 9.17) is 34.8 Å². The molecular formula is C21H16Cl3N5O2S. The number of hydrogen-bond donors (Lipinski definition) is 1. The van der Waals surface area contributed by atoms with Gasteiger partial charge in [0.25, 0.3) is 10.0 Å². The monoisotopic (exact) mass is 507 g/mol. The summed E-state index contributed by atoms with van der Waals surface area (Å²) in [5, 5.41) is 13.7. The average Bonchev–Trinajstić information content (AvgIpc) is 3.20. The highest BCUT2D eigenvalue weighted by molar-refractivity contribution is 7.92. The molecule has 1 N–H and O–H groups in total. The van der Waals surface area contributed by atoms with Crippen molar-refractivity contribution in [2.75, 3.05) is 4.72 Å². The second kappa shape index (κ2) is 9.07. The van der Waals surface area contributed by atoms with Gasteiger partial charge in [0.05, 0.1) is 27.2 Å². The Morgan fingerprint density at radius 2 is 1.75 bits per heavy atom. The summed E-state index contributed by atoms with van der Waals surface area (Å²) >= 11 is 18.2. The van der Waals surface area contributed by atoms with E-state index in [0.29, 0.717) is 37.7 Å². The zero-order chi connectivity index (χ0) is 22.9. The van der Waals surface area contributed by atoms with E-state index in [1.807, 2.05) is 19.1 Å². The fourth-order valence-corrected chi connectivity index (χ4v) is 4.59. The molecule has 0 spiro atoms. The summed E-state index contributed by atoms with van der Waals surface area (Å²) in [5.74, 6) is 0.313. The third kappa shape index (κ3) is 4.88. The fraction of sp³-hybridized carbons (Fsp3) is 0.0952. The molecule has 0 aliphatic carbocycles. The molecule has 0 atom stereocenters. The number of nitrogens with zero attached hydrogens (tertiary/aromatic N) is 4. The molecule has 164 valence electrons. The number of halogens is 3. The molecule has 0 bridgehead atoms. The number of aryl methyl sites for hydroxylation is 1. The summed E-state index contributed by atoms with van der Waals surface area (Å²) in [6, 6.07) is 16.5. The van der Waals surface area contributed by atoms with E-state index >= 15 is 0 Å². The van der Waals surface area contributed by atoms with Gasteiger partial charge in [0.2, 0.25) is 5.82 Å². The molecule has 1 heterocycles. The maximum absolute atomic E-state index is 12.9. The molecular weight excluding hydrogens is 493 g/mol. The quantitative estimate of drug-likeness (QED) is 0.374. The molecule has 4 aromatic rings. The number of rotatable bonds is 6. The summed E-state index contributed by atoms with van der Waals surface area (Å²) in [6.07, 6.45) is 0. The smallest absolute Gasteiger partial charge is 0.261 e. The summed E-state index contributed by atoms with van der Waals surface area (Å²) in [7, 11) is -3.82. The van der Waals surface area contributed by atoms with Gasteiger partial charge in [0, 0.05) is 10.6 Å². The molecule has 0 unspecified atom stereocenters. The predicted octanol–water partition coefficient (Wildman–Crippen LogP) is 5.46. The van der Waals surface area contributed by atoms with Crippen LogP contribution in [0.15, 0.2) is 65.6 Å². The number of aromatic nitrogens is 4. The van der Waals surface area contributed by atoms with Gasteiger partial charge in [-0.1, -0.05) is 53.0 Å². The average molecular weight is 509 g/mol. The van der Waals surface area contributed by atoms with Crippen molar-refractivity contribution in [3.05, 3.63) is 86.9 Å². The van der Waals surface area contributed by atoms with Crippen molar-refractivity contribution >= 4 is 50.5 Å². The molecule has 3 aromatic carbocycles. The van der Waals surface area contributed by atoms with Crippen LogP contribution < -0.4 is 4.72 Å². The Kier molecular flexibility index (Phi) is 6.39. The summed E-state index contributed by atoms with van der Waals surface area (Å²) in [6.45, 7) is 2.06. The van der Waals surface area contributed by atoms with Crippen LogP contribution >= 0.6 is 34.8 Å². The van der Waals surface area contributed by atoms with Crippen molar-refractivity contribution in [2.24, 2.45) is 0 Å². The topological polar surface area (TPSA) is 89.8 Å². The first kappa shape index (κ1) is 22.5. The van der Waals surface area contributed by atoms with Crippen molar-refractivity contribution in [3.8, 4) is 11.4 Å². The van der Waals surface area contributed by atoms with Gasteiger partial charge in [0.1, 0.15) is 0 Å². The molecule has 0 fully saturated rings. The number of nitrogens with one attached hydrogen (secondary N) is 1. The molecule has 0 aliphatic heterocycles. The lowest BCUT2D eigenvalue weighted by atomic mass is 10.1. The van der Waals surface area contributed by atoms with Crippen LogP contribution in [0.5, 0.6) is 0 Å². The summed E-state index contributed by atoms with van der Waals surface area (Å²) < 4.78 is 28.4. The molecule has 32 heavy (non-hydrogen) atoms. The van der Waals surface area contributed by atoms with E-state index in [1.165, 1.54) is 29.1 Å². The highest BCUT2D eigenvalue weighted by Crippen LogP contribution is 2.31. The largest absolute Gasteiger partial charge is 0.279 e. The first-order valence-corrected chi connectivity index (χ1v) is 11.9. The van der Waals surface area contributed by atoms with Crippen LogP contribution in [-0.2, 0) is 16.6 Å². The van der Waals surface area contributed by atoms with Crippen molar-refractivity contribution in [2.45, 2.75) is 18.4 Å². The van der Waals surface area contributed by atoms with Crippen molar-refractivity contribution in [3.63, 3.8) is 0 Å². The Hall–Kier alpha value is -2.65. The molecule has 1 aromatic heterocycles. The lowest BCUT2D eigenvalue weighted by molar-refractivity contribution is 0.573. The van der Waals surface area contributed by atoms with E-state index in [0.717, 1.165) is 5.56 Å². The van der Waals surface area contributed by atoms with Crippen LogP contribution in [0.25, 0.3) is 11.4 Å². The summed E-state index contributed by atoms with van der Waals surface area (Å²) in [4.78, 5) is 1.46. The molecule has 0 saturated heterocycles. The van der Waals surface area contributed by atoms with E-state index in [1.54, 1.807) is 24.3 Å². The minimum atomic E-state index is -3.82. The zero-order valence-electron chi connectivity index (χ0n) is 16.6. The van der Waals surface area contributed by atoms with E-state index < -0.39 is 10.0 Å². The summed E-state index contributed by atoms with van der Waals surface area (Å²) in [5.41, 5.74) is 2.52. The van der Waals surface area contributed by atoms with Gasteiger partial charge >= 0.3 is 0 Å². The van der Waals surface area contributed by atoms with Gasteiger partial charge in [-0.3, -0.25) is 4.72 Å². The van der Waals surface area contributed by atoms with Gasteiger partial charge in [0.15, 0.2) is 0 Å². The Labute approximate surface area is 200 Å². The lowest BCUT2D eigenvalue weighted by Crippen LogP contribution is -2.15. The SMILES string of the molecule is Cc1ccc(Cn2nnc(-c3cccc(Cl)c3Cl)n2)c(NS(=O)(=O)c2ccc(Cl)cc2)c1. The van der Waals surface area contributed by atoms with Gasteiger partial charge in [-0.25, -0.2) is 8.42 Å². The van der Waals surface area contributed by atoms with Gasteiger partial charge in [-0.15, -0.1) is 10.2 Å². The second-order valence-corrected chi connectivity index (χ2v) is 9.87. The van der Waals surface area contributed by atoms with Crippen LogP contribution in [0.3, 0.4) is 0 Å². The van der Waals surface area contributed by atoms with Gasteiger partial charge in [-0.2, -0.15) is 4.80 Å². The van der Waals surface area contributed by atoms with Gasteiger partial charge in [-0.05, 0) is 65.7 Å². The Bertz CT molecular complexity index is 1390. The highest BCUT2D eigenvalue weighted by atomic mass is 35.5. The fourth-order valence-electron chi connectivity index (χ4n) is 2.99. The Balaban J connectivity index is 1.63. The maximum atomic E-state index is 12.9. The Morgan fingerprint density at radius 1 is 1.00 bits per heavy atom.